The van der Waals surface area contributed by atoms with Crippen molar-refractivity contribution >= 4 is 44.1 Å². The molecule has 1 amide bonds. The molecule has 3 aromatic rings. The molecule has 9 nitrogen and oxygen atoms in total. The summed E-state index contributed by atoms with van der Waals surface area (Å²) >= 11 is 1.44. The van der Waals surface area contributed by atoms with Gasteiger partial charge < -0.3 is 24.4 Å². The van der Waals surface area contributed by atoms with E-state index in [9.17, 15) is 4.79 Å². The highest BCUT2D eigenvalue weighted by Gasteiger charge is 2.20. The number of hydrogen-bond donors (Lipinski definition) is 2. The lowest BCUT2D eigenvalue weighted by Gasteiger charge is -2.29. The Kier molecular flexibility index (Phi) is 7.35. The van der Waals surface area contributed by atoms with Crippen molar-refractivity contribution in [3.05, 3.63) is 36.0 Å². The number of rotatable bonds is 9. The number of nitrogens with zero attached hydrogens (tertiary/aromatic N) is 3. The summed E-state index contributed by atoms with van der Waals surface area (Å²) in [5.74, 6) is 1.06. The number of hydrogen-bond acceptors (Lipinski definition) is 9. The lowest BCUT2D eigenvalue weighted by molar-refractivity contribution is 0.102. The van der Waals surface area contributed by atoms with Crippen LogP contribution in [0.15, 0.2) is 30.5 Å². The lowest BCUT2D eigenvalue weighted by atomic mass is 10.2. The Labute approximate surface area is 190 Å². The van der Waals surface area contributed by atoms with E-state index < -0.39 is 0 Å². The number of carbonyl (C=O) groups excluding carboxylic acids is 1. The molecule has 0 radical (unpaired) electrons. The fraction of sp³-hybridized carbons (Fsp3) is 0.409. The molecule has 2 N–H and O–H groups in total. The molecule has 1 aliphatic rings. The van der Waals surface area contributed by atoms with Crippen molar-refractivity contribution < 1.29 is 19.0 Å². The van der Waals surface area contributed by atoms with Crippen LogP contribution in [0.2, 0.25) is 0 Å². The third-order valence-corrected chi connectivity index (χ3v) is 6.05. The second-order valence-electron chi connectivity index (χ2n) is 7.09. The van der Waals surface area contributed by atoms with E-state index in [-0.39, 0.29) is 5.91 Å². The van der Waals surface area contributed by atoms with Gasteiger partial charge in [-0.3, -0.25) is 10.1 Å². The summed E-state index contributed by atoms with van der Waals surface area (Å²) in [7, 11) is 1.62. The molecule has 10 heteroatoms. The van der Waals surface area contributed by atoms with Crippen LogP contribution in [0.4, 0.5) is 16.6 Å². The summed E-state index contributed by atoms with van der Waals surface area (Å²) in [4.78, 5) is 24.1. The molecular weight excluding hydrogens is 430 g/mol. The molecule has 0 bridgehead atoms. The van der Waals surface area contributed by atoms with Crippen LogP contribution >= 0.6 is 11.3 Å². The molecule has 0 spiro atoms. The summed E-state index contributed by atoms with van der Waals surface area (Å²) in [6, 6.07) is 7.35. The maximum Gasteiger partial charge on any atom is 0.257 e. The maximum absolute atomic E-state index is 12.9. The molecule has 170 valence electrons. The smallest absolute Gasteiger partial charge is 0.257 e. The highest BCUT2D eigenvalue weighted by atomic mass is 32.1. The first kappa shape index (κ1) is 22.3. The zero-order valence-electron chi connectivity index (χ0n) is 18.2. The molecule has 0 saturated carbocycles. The second-order valence-corrected chi connectivity index (χ2v) is 8.09. The molecule has 1 saturated heterocycles. The standard InChI is InChI=1S/C22H27N5O4S/c1-3-30-11-8-24-18-14-15(6-7-23-18)21(28)26-22-25-19-17(29-2)5-4-16(20(19)32-22)27-9-12-31-13-10-27/h4-7,14H,3,8-13H2,1-2H3,(H,23,24)(H,25,26,28). The van der Waals surface area contributed by atoms with E-state index >= 15 is 0 Å². The summed E-state index contributed by atoms with van der Waals surface area (Å²) in [6.07, 6.45) is 1.61. The molecular formula is C22H27N5O4S. The van der Waals surface area contributed by atoms with Crippen LogP contribution in [-0.4, -0.2) is 69.0 Å². The van der Waals surface area contributed by atoms with E-state index in [1.165, 1.54) is 11.3 Å². The molecule has 2 aromatic heterocycles. The van der Waals surface area contributed by atoms with Gasteiger partial charge in [0.1, 0.15) is 17.1 Å². The van der Waals surface area contributed by atoms with Gasteiger partial charge in [0.25, 0.3) is 5.91 Å². The predicted octanol–water partition coefficient (Wildman–Crippen LogP) is 3.24. The highest BCUT2D eigenvalue weighted by Crippen LogP contribution is 2.39. The molecule has 0 atom stereocenters. The first-order chi connectivity index (χ1) is 15.7. The van der Waals surface area contributed by atoms with Crippen LogP contribution in [0.3, 0.4) is 0 Å². The molecule has 4 rings (SSSR count). The Hall–Kier alpha value is -2.95. The number of pyridine rings is 1. The first-order valence-electron chi connectivity index (χ1n) is 10.6. The molecule has 32 heavy (non-hydrogen) atoms. The Morgan fingerprint density at radius 3 is 2.91 bits per heavy atom. The summed E-state index contributed by atoms with van der Waals surface area (Å²) < 4.78 is 17.3. The van der Waals surface area contributed by atoms with E-state index in [2.05, 4.69) is 25.5 Å². The average molecular weight is 458 g/mol. The number of aromatic nitrogens is 2. The molecule has 0 aliphatic carbocycles. The van der Waals surface area contributed by atoms with Crippen molar-refractivity contribution in [2.24, 2.45) is 0 Å². The van der Waals surface area contributed by atoms with Gasteiger partial charge in [-0.2, -0.15) is 0 Å². The Bertz CT molecular complexity index is 1070. The van der Waals surface area contributed by atoms with Crippen LogP contribution < -0.4 is 20.3 Å². The Morgan fingerprint density at radius 2 is 2.12 bits per heavy atom. The fourth-order valence-corrected chi connectivity index (χ4v) is 4.49. The van der Waals surface area contributed by atoms with Crippen molar-refractivity contribution in [3.63, 3.8) is 0 Å². The molecule has 1 aromatic carbocycles. The number of nitrogens with one attached hydrogen (secondary N) is 2. The molecule has 3 heterocycles. The lowest BCUT2D eigenvalue weighted by Crippen LogP contribution is -2.36. The van der Waals surface area contributed by atoms with Crippen molar-refractivity contribution in [2.45, 2.75) is 6.92 Å². The van der Waals surface area contributed by atoms with Crippen LogP contribution in [0.25, 0.3) is 10.2 Å². The van der Waals surface area contributed by atoms with Gasteiger partial charge in [-0.1, -0.05) is 11.3 Å². The minimum Gasteiger partial charge on any atom is -0.494 e. The molecule has 1 aliphatic heterocycles. The van der Waals surface area contributed by atoms with Crippen LogP contribution in [0, 0.1) is 0 Å². The average Bonchev–Trinajstić information content (AvgIpc) is 3.25. The van der Waals surface area contributed by atoms with Gasteiger partial charge in [0, 0.05) is 38.0 Å². The molecule has 1 fully saturated rings. The number of carbonyl (C=O) groups is 1. The molecule has 0 unspecified atom stereocenters. The third-order valence-electron chi connectivity index (χ3n) is 5.06. The second kappa shape index (κ2) is 10.6. The largest absolute Gasteiger partial charge is 0.494 e. The van der Waals surface area contributed by atoms with E-state index in [1.807, 2.05) is 19.1 Å². The minimum absolute atomic E-state index is 0.244. The van der Waals surface area contributed by atoms with Gasteiger partial charge in [-0.15, -0.1) is 0 Å². The van der Waals surface area contributed by atoms with Crippen molar-refractivity contribution in [3.8, 4) is 5.75 Å². The van der Waals surface area contributed by atoms with Crippen molar-refractivity contribution in [2.75, 3.05) is 68.7 Å². The van der Waals surface area contributed by atoms with Gasteiger partial charge in [-0.05, 0) is 31.2 Å². The van der Waals surface area contributed by atoms with Gasteiger partial charge in [0.15, 0.2) is 5.13 Å². The number of ether oxygens (including phenoxy) is 3. The van der Waals surface area contributed by atoms with Crippen molar-refractivity contribution in [1.82, 2.24) is 9.97 Å². The minimum atomic E-state index is -0.244. The van der Waals surface area contributed by atoms with Gasteiger partial charge >= 0.3 is 0 Å². The number of benzene rings is 1. The SMILES string of the molecule is CCOCCNc1cc(C(=O)Nc2nc3c(OC)ccc(N4CCOCC4)c3s2)ccn1. The van der Waals surface area contributed by atoms with Gasteiger partial charge in [-0.25, -0.2) is 9.97 Å². The van der Waals surface area contributed by atoms with E-state index in [4.69, 9.17) is 14.2 Å². The highest BCUT2D eigenvalue weighted by molar-refractivity contribution is 7.23. The zero-order valence-corrected chi connectivity index (χ0v) is 19.0. The van der Waals surface area contributed by atoms with E-state index in [1.54, 1.807) is 25.4 Å². The van der Waals surface area contributed by atoms with E-state index in [0.717, 1.165) is 29.0 Å². The number of thiazole rings is 1. The number of morpholine rings is 1. The number of anilines is 3. The summed E-state index contributed by atoms with van der Waals surface area (Å²) in [5, 5.41) is 6.60. The van der Waals surface area contributed by atoms with Crippen LogP contribution in [-0.2, 0) is 9.47 Å². The summed E-state index contributed by atoms with van der Waals surface area (Å²) in [6.45, 7) is 6.83. The van der Waals surface area contributed by atoms with Gasteiger partial charge in [0.2, 0.25) is 0 Å². The van der Waals surface area contributed by atoms with Crippen LogP contribution in [0.1, 0.15) is 17.3 Å². The monoisotopic (exact) mass is 457 g/mol. The Morgan fingerprint density at radius 1 is 1.28 bits per heavy atom. The first-order valence-corrected chi connectivity index (χ1v) is 11.4. The Balaban J connectivity index is 1.53. The topological polar surface area (TPSA) is 97.8 Å². The quantitative estimate of drug-likeness (QED) is 0.473. The number of methoxy groups -OCH3 is 1. The number of fused-ring (bicyclic) bond motifs is 1. The third kappa shape index (κ3) is 5.09. The summed E-state index contributed by atoms with van der Waals surface area (Å²) in [5.41, 5.74) is 2.31. The van der Waals surface area contributed by atoms with Gasteiger partial charge in [0.05, 0.1) is 37.3 Å². The van der Waals surface area contributed by atoms with Crippen molar-refractivity contribution in [1.29, 1.82) is 0 Å². The van der Waals surface area contributed by atoms with E-state index in [0.29, 0.717) is 55.2 Å². The number of amides is 1. The maximum atomic E-state index is 12.9. The van der Waals surface area contributed by atoms with Crippen LogP contribution in [0.5, 0.6) is 5.75 Å². The zero-order chi connectivity index (χ0) is 22.3. The fourth-order valence-electron chi connectivity index (χ4n) is 3.47. The normalized spacial score (nSPS) is 13.9. The predicted molar refractivity (Wildman–Crippen MR) is 126 cm³/mol.